The van der Waals surface area contributed by atoms with Gasteiger partial charge in [0.05, 0.1) is 11.2 Å². The van der Waals surface area contributed by atoms with Crippen molar-refractivity contribution < 1.29 is 4.79 Å². The second kappa shape index (κ2) is 6.55. The van der Waals surface area contributed by atoms with Gasteiger partial charge in [-0.25, -0.2) is 0 Å². The fourth-order valence-corrected chi connectivity index (χ4v) is 3.01. The van der Waals surface area contributed by atoms with E-state index in [1.165, 1.54) is 0 Å². The molecular weight excluding hydrogens is 316 g/mol. The summed E-state index contributed by atoms with van der Waals surface area (Å²) < 4.78 is 1.81. The zero-order valence-corrected chi connectivity index (χ0v) is 14.9. The standard InChI is InChI=1S/C19H22N4O2/c1-11-5-6-17-15(7-11)18(24)16(10-23(17)4)19(25)20-12(2)8-14-9-13(3)21-22-14/h5-7,9-10,12H,8H2,1-4H3,(H,20,25)(H,21,22). The number of aromatic nitrogens is 3. The monoisotopic (exact) mass is 338 g/mol. The van der Waals surface area contributed by atoms with Crippen LogP contribution in [-0.4, -0.2) is 26.7 Å². The molecule has 0 radical (unpaired) electrons. The molecule has 2 heterocycles. The largest absolute Gasteiger partial charge is 0.350 e. The number of amides is 1. The number of hydrogen-bond donors (Lipinski definition) is 2. The van der Waals surface area contributed by atoms with Crippen molar-refractivity contribution in [3.8, 4) is 0 Å². The van der Waals surface area contributed by atoms with Gasteiger partial charge in [0, 0.05) is 36.8 Å². The van der Waals surface area contributed by atoms with Crippen LogP contribution in [0.1, 0.15) is 34.2 Å². The number of hydrogen-bond acceptors (Lipinski definition) is 3. The highest BCUT2D eigenvalue weighted by Gasteiger charge is 2.17. The lowest BCUT2D eigenvalue weighted by Crippen LogP contribution is -2.37. The molecule has 2 aromatic heterocycles. The maximum absolute atomic E-state index is 12.7. The van der Waals surface area contributed by atoms with E-state index in [-0.39, 0.29) is 22.9 Å². The highest BCUT2D eigenvalue weighted by molar-refractivity contribution is 5.97. The summed E-state index contributed by atoms with van der Waals surface area (Å²) in [4.78, 5) is 25.3. The fraction of sp³-hybridized carbons (Fsp3) is 0.316. The molecule has 0 fully saturated rings. The Labute approximate surface area is 145 Å². The number of pyridine rings is 1. The number of aryl methyl sites for hydroxylation is 3. The minimum absolute atomic E-state index is 0.131. The van der Waals surface area contributed by atoms with Crippen molar-refractivity contribution in [1.82, 2.24) is 20.1 Å². The molecule has 1 unspecified atom stereocenters. The first-order valence-corrected chi connectivity index (χ1v) is 8.27. The minimum Gasteiger partial charge on any atom is -0.350 e. The van der Waals surface area contributed by atoms with Crippen molar-refractivity contribution in [3.05, 3.63) is 63.2 Å². The van der Waals surface area contributed by atoms with Crippen LogP contribution in [0.5, 0.6) is 0 Å². The van der Waals surface area contributed by atoms with Crippen LogP contribution in [0.2, 0.25) is 0 Å². The van der Waals surface area contributed by atoms with Crippen molar-refractivity contribution in [2.24, 2.45) is 7.05 Å². The Balaban J connectivity index is 1.86. The Bertz CT molecular complexity index is 1000. The van der Waals surface area contributed by atoms with Crippen molar-refractivity contribution in [2.45, 2.75) is 33.2 Å². The van der Waals surface area contributed by atoms with E-state index < -0.39 is 0 Å². The molecule has 0 aliphatic heterocycles. The summed E-state index contributed by atoms with van der Waals surface area (Å²) in [6.07, 6.45) is 2.20. The molecule has 25 heavy (non-hydrogen) atoms. The first-order valence-electron chi connectivity index (χ1n) is 8.27. The normalized spacial score (nSPS) is 12.3. The first kappa shape index (κ1) is 17.0. The average Bonchev–Trinajstić information content (AvgIpc) is 2.95. The van der Waals surface area contributed by atoms with Gasteiger partial charge in [0.1, 0.15) is 5.56 Å². The molecule has 3 aromatic rings. The molecule has 6 heteroatoms. The van der Waals surface area contributed by atoms with Crippen LogP contribution in [0, 0.1) is 13.8 Å². The summed E-state index contributed by atoms with van der Waals surface area (Å²) in [5.41, 5.74) is 3.58. The molecule has 1 aromatic carbocycles. The van der Waals surface area contributed by atoms with Gasteiger partial charge < -0.3 is 9.88 Å². The van der Waals surface area contributed by atoms with Crippen LogP contribution >= 0.6 is 0 Å². The maximum atomic E-state index is 12.7. The highest BCUT2D eigenvalue weighted by Crippen LogP contribution is 2.13. The lowest BCUT2D eigenvalue weighted by molar-refractivity contribution is 0.0938. The number of nitrogens with one attached hydrogen (secondary N) is 2. The second-order valence-corrected chi connectivity index (χ2v) is 6.62. The molecule has 130 valence electrons. The summed E-state index contributed by atoms with van der Waals surface area (Å²) in [5, 5.41) is 10.5. The fourth-order valence-electron chi connectivity index (χ4n) is 3.01. The smallest absolute Gasteiger partial charge is 0.256 e. The van der Waals surface area contributed by atoms with Crippen molar-refractivity contribution >= 4 is 16.8 Å². The molecule has 3 rings (SSSR count). The number of nitrogens with zero attached hydrogens (tertiary/aromatic N) is 2. The van der Waals surface area contributed by atoms with Gasteiger partial charge in [0.15, 0.2) is 0 Å². The topological polar surface area (TPSA) is 79.8 Å². The van der Waals surface area contributed by atoms with Crippen LogP contribution in [0.25, 0.3) is 10.9 Å². The van der Waals surface area contributed by atoms with E-state index in [0.29, 0.717) is 11.8 Å². The zero-order chi connectivity index (χ0) is 18.1. The molecule has 0 saturated heterocycles. The van der Waals surface area contributed by atoms with Gasteiger partial charge in [-0.3, -0.25) is 14.7 Å². The van der Waals surface area contributed by atoms with E-state index in [9.17, 15) is 9.59 Å². The van der Waals surface area contributed by atoms with Gasteiger partial charge in [0.2, 0.25) is 5.43 Å². The van der Waals surface area contributed by atoms with E-state index >= 15 is 0 Å². The molecule has 6 nitrogen and oxygen atoms in total. The molecule has 2 N–H and O–H groups in total. The summed E-state index contributed by atoms with van der Waals surface area (Å²) >= 11 is 0. The van der Waals surface area contributed by atoms with E-state index in [2.05, 4.69) is 15.5 Å². The third-order valence-electron chi connectivity index (χ3n) is 4.24. The predicted octanol–water partition coefficient (Wildman–Crippen LogP) is 2.24. The second-order valence-electron chi connectivity index (χ2n) is 6.62. The lowest BCUT2D eigenvalue weighted by Gasteiger charge is -2.14. The minimum atomic E-state index is -0.358. The van der Waals surface area contributed by atoms with Gasteiger partial charge in [0.25, 0.3) is 5.91 Å². The Kier molecular flexibility index (Phi) is 4.44. The van der Waals surface area contributed by atoms with Gasteiger partial charge in [-0.2, -0.15) is 5.10 Å². The molecule has 0 spiro atoms. The molecule has 0 aliphatic carbocycles. The van der Waals surface area contributed by atoms with Crippen LogP contribution in [-0.2, 0) is 13.5 Å². The van der Waals surface area contributed by atoms with Crippen LogP contribution in [0.3, 0.4) is 0 Å². The maximum Gasteiger partial charge on any atom is 0.256 e. The summed E-state index contributed by atoms with van der Waals surface area (Å²) in [7, 11) is 1.84. The first-order chi connectivity index (χ1) is 11.8. The van der Waals surface area contributed by atoms with Crippen molar-refractivity contribution in [3.63, 3.8) is 0 Å². The molecule has 0 aliphatic rings. The number of rotatable bonds is 4. The Morgan fingerprint density at radius 3 is 2.76 bits per heavy atom. The zero-order valence-electron chi connectivity index (χ0n) is 14.9. The van der Waals surface area contributed by atoms with E-state index in [1.807, 2.05) is 56.7 Å². The van der Waals surface area contributed by atoms with Crippen LogP contribution in [0.15, 0.2) is 35.3 Å². The third-order valence-corrected chi connectivity index (χ3v) is 4.24. The Morgan fingerprint density at radius 2 is 2.08 bits per heavy atom. The lowest BCUT2D eigenvalue weighted by atomic mass is 10.1. The van der Waals surface area contributed by atoms with Gasteiger partial charge >= 0.3 is 0 Å². The van der Waals surface area contributed by atoms with Crippen LogP contribution in [0.4, 0.5) is 0 Å². The summed E-state index contributed by atoms with van der Waals surface area (Å²) in [5.74, 6) is -0.358. The molecule has 0 bridgehead atoms. The predicted molar refractivity (Wildman–Crippen MR) is 97.9 cm³/mol. The van der Waals surface area contributed by atoms with Crippen molar-refractivity contribution in [2.75, 3.05) is 0 Å². The highest BCUT2D eigenvalue weighted by atomic mass is 16.2. The van der Waals surface area contributed by atoms with Crippen molar-refractivity contribution in [1.29, 1.82) is 0 Å². The molecule has 1 amide bonds. The van der Waals surface area contributed by atoms with Gasteiger partial charge in [-0.05, 0) is 39.0 Å². The van der Waals surface area contributed by atoms with E-state index in [4.69, 9.17) is 0 Å². The number of carbonyl (C=O) groups excluding carboxylic acids is 1. The Morgan fingerprint density at radius 1 is 1.32 bits per heavy atom. The SMILES string of the molecule is Cc1ccc2c(c1)c(=O)c(C(=O)NC(C)Cc1cc(C)[nH]n1)cn2C. The molecular formula is C19H22N4O2. The number of benzene rings is 1. The molecule has 0 saturated carbocycles. The summed E-state index contributed by atoms with van der Waals surface area (Å²) in [6, 6.07) is 7.49. The van der Waals surface area contributed by atoms with Gasteiger partial charge in [-0.15, -0.1) is 0 Å². The number of aromatic amines is 1. The summed E-state index contributed by atoms with van der Waals surface area (Å²) in [6.45, 7) is 5.76. The third kappa shape index (κ3) is 3.47. The average molecular weight is 338 g/mol. The van der Waals surface area contributed by atoms with Crippen LogP contribution < -0.4 is 10.7 Å². The van der Waals surface area contributed by atoms with E-state index in [1.54, 1.807) is 6.20 Å². The van der Waals surface area contributed by atoms with Gasteiger partial charge in [-0.1, -0.05) is 11.6 Å². The molecule has 1 atom stereocenters. The number of H-pyrrole nitrogens is 1. The quantitative estimate of drug-likeness (QED) is 0.766. The van der Waals surface area contributed by atoms with E-state index in [0.717, 1.165) is 22.5 Å². The number of fused-ring (bicyclic) bond motifs is 1. The number of carbonyl (C=O) groups is 1. The Hall–Kier alpha value is -2.89.